The summed E-state index contributed by atoms with van der Waals surface area (Å²) in [6.07, 6.45) is 1.08. The van der Waals surface area contributed by atoms with Crippen molar-refractivity contribution in [1.82, 2.24) is 5.32 Å². The first-order valence-electron chi connectivity index (χ1n) is 7.15. The van der Waals surface area contributed by atoms with Crippen LogP contribution in [-0.2, 0) is 9.53 Å². The number of carbonyl (C=O) groups excluding carboxylic acids is 1. The molecule has 1 aliphatic heterocycles. The van der Waals surface area contributed by atoms with E-state index < -0.39 is 0 Å². The highest BCUT2D eigenvalue weighted by Crippen LogP contribution is 2.22. The van der Waals surface area contributed by atoms with Gasteiger partial charge >= 0.3 is 0 Å². The molecule has 0 bridgehead atoms. The van der Waals surface area contributed by atoms with Crippen molar-refractivity contribution < 1.29 is 9.53 Å². The summed E-state index contributed by atoms with van der Waals surface area (Å²) in [4.78, 5) is 14.2. The molecule has 8 heteroatoms. The van der Waals surface area contributed by atoms with E-state index in [0.29, 0.717) is 13.0 Å². The van der Waals surface area contributed by atoms with Gasteiger partial charge in [0.2, 0.25) is 5.91 Å². The first-order valence-corrected chi connectivity index (χ1v) is 7.94. The molecule has 3 N–H and O–H groups in total. The second kappa shape index (κ2) is 11.1. The summed E-state index contributed by atoms with van der Waals surface area (Å²) in [5.74, 6) is 0.00922. The number of carbonyl (C=O) groups is 1. The molecule has 1 aromatic rings. The summed E-state index contributed by atoms with van der Waals surface area (Å²) < 4.78 is 6.21. The van der Waals surface area contributed by atoms with Crippen molar-refractivity contribution in [3.05, 3.63) is 28.7 Å². The number of hydrogen-bond acceptors (Lipinski definition) is 4. The molecule has 0 aromatic heterocycles. The predicted molar refractivity (Wildman–Crippen MR) is 102 cm³/mol. The Balaban J connectivity index is 0.00000242. The summed E-state index contributed by atoms with van der Waals surface area (Å²) >= 11 is 3.44. The van der Waals surface area contributed by atoms with Gasteiger partial charge in [-0.15, -0.1) is 24.8 Å². The first-order chi connectivity index (χ1) is 10.1. The van der Waals surface area contributed by atoms with Gasteiger partial charge in [-0.1, -0.05) is 15.9 Å². The van der Waals surface area contributed by atoms with Gasteiger partial charge in [-0.3, -0.25) is 4.79 Å². The quantitative estimate of drug-likeness (QED) is 0.729. The van der Waals surface area contributed by atoms with Gasteiger partial charge in [0.1, 0.15) is 0 Å². The van der Waals surface area contributed by atoms with Gasteiger partial charge in [0.05, 0.1) is 12.5 Å². The summed E-state index contributed by atoms with van der Waals surface area (Å²) in [5.41, 5.74) is 6.72. The van der Waals surface area contributed by atoms with Crippen LogP contribution in [0.2, 0.25) is 0 Å². The number of nitrogens with one attached hydrogen (secondary N) is 1. The first kappa shape index (κ1) is 22.5. The van der Waals surface area contributed by atoms with Crippen LogP contribution in [0.1, 0.15) is 12.8 Å². The smallest absolute Gasteiger partial charge is 0.222 e. The van der Waals surface area contributed by atoms with Gasteiger partial charge in [-0.2, -0.15) is 0 Å². The number of methoxy groups -OCH3 is 1. The van der Waals surface area contributed by atoms with E-state index in [9.17, 15) is 4.79 Å². The van der Waals surface area contributed by atoms with Crippen molar-refractivity contribution >= 4 is 52.3 Å². The lowest BCUT2D eigenvalue weighted by Crippen LogP contribution is -2.39. The largest absolute Gasteiger partial charge is 0.380 e. The van der Waals surface area contributed by atoms with Gasteiger partial charge in [-0.05, 0) is 30.7 Å². The molecule has 2 atom stereocenters. The van der Waals surface area contributed by atoms with Crippen molar-refractivity contribution in [3.63, 3.8) is 0 Å². The molecule has 1 amide bonds. The second-order valence-corrected chi connectivity index (χ2v) is 6.19. The minimum Gasteiger partial charge on any atom is -0.380 e. The monoisotopic (exact) mass is 427 g/mol. The van der Waals surface area contributed by atoms with Crippen molar-refractivity contribution in [2.45, 2.75) is 25.0 Å². The zero-order valence-corrected chi connectivity index (χ0v) is 16.3. The SMILES string of the molecule is COC(CN)CC(=O)NC1CCN(c2ccc(Br)cc2)C1.Cl.Cl. The molecule has 23 heavy (non-hydrogen) atoms. The maximum atomic E-state index is 11.9. The maximum Gasteiger partial charge on any atom is 0.222 e. The third-order valence-corrected chi connectivity index (χ3v) is 4.28. The van der Waals surface area contributed by atoms with E-state index in [-0.39, 0.29) is 42.9 Å². The molecule has 2 unspecified atom stereocenters. The molecular formula is C15H24BrCl2N3O2. The van der Waals surface area contributed by atoms with Crippen LogP contribution in [0.4, 0.5) is 5.69 Å². The second-order valence-electron chi connectivity index (χ2n) is 5.27. The Labute approximate surface area is 158 Å². The Morgan fingerprint density at radius 2 is 2.09 bits per heavy atom. The van der Waals surface area contributed by atoms with Crippen LogP contribution in [0, 0.1) is 0 Å². The average Bonchev–Trinajstić information content (AvgIpc) is 2.94. The lowest BCUT2D eigenvalue weighted by molar-refractivity contribution is -0.123. The Morgan fingerprint density at radius 3 is 2.65 bits per heavy atom. The normalized spacial score (nSPS) is 17.9. The summed E-state index contributed by atoms with van der Waals surface area (Å²) in [7, 11) is 1.58. The van der Waals surface area contributed by atoms with E-state index >= 15 is 0 Å². The maximum absolute atomic E-state index is 11.9. The lowest BCUT2D eigenvalue weighted by Gasteiger charge is -2.20. The van der Waals surface area contributed by atoms with Gasteiger partial charge in [0.15, 0.2) is 0 Å². The molecule has 1 aromatic carbocycles. The average molecular weight is 429 g/mol. The molecular weight excluding hydrogens is 405 g/mol. The number of halogens is 3. The van der Waals surface area contributed by atoms with Gasteiger partial charge < -0.3 is 20.7 Å². The minimum atomic E-state index is -0.200. The highest BCUT2D eigenvalue weighted by atomic mass is 79.9. The lowest BCUT2D eigenvalue weighted by atomic mass is 10.2. The Hall–Kier alpha value is -0.530. The summed E-state index contributed by atoms with van der Waals surface area (Å²) in [6.45, 7) is 2.16. The van der Waals surface area contributed by atoms with Crippen LogP contribution < -0.4 is 16.0 Å². The third kappa shape index (κ3) is 6.85. The topological polar surface area (TPSA) is 67.6 Å². The van der Waals surface area contributed by atoms with E-state index in [0.717, 1.165) is 24.0 Å². The van der Waals surface area contributed by atoms with Gasteiger partial charge in [0, 0.05) is 42.9 Å². The van der Waals surface area contributed by atoms with Crippen LogP contribution in [-0.4, -0.2) is 44.8 Å². The highest BCUT2D eigenvalue weighted by molar-refractivity contribution is 9.10. The Morgan fingerprint density at radius 1 is 1.43 bits per heavy atom. The number of rotatable bonds is 6. The Kier molecular flexibility index (Phi) is 10.8. The van der Waals surface area contributed by atoms with Gasteiger partial charge in [-0.25, -0.2) is 0 Å². The molecule has 0 aliphatic carbocycles. The number of nitrogens with two attached hydrogens (primary N) is 1. The molecule has 0 saturated carbocycles. The number of amides is 1. The van der Waals surface area contributed by atoms with Crippen LogP contribution in [0.5, 0.6) is 0 Å². The Bertz CT molecular complexity index is 472. The summed E-state index contributed by atoms with van der Waals surface area (Å²) in [6, 6.07) is 8.43. The minimum absolute atomic E-state index is 0. The van der Waals surface area contributed by atoms with Crippen LogP contribution in [0.15, 0.2) is 28.7 Å². The van der Waals surface area contributed by atoms with Crippen molar-refractivity contribution in [3.8, 4) is 0 Å². The molecule has 1 heterocycles. The van der Waals surface area contributed by atoms with Crippen molar-refractivity contribution in [1.29, 1.82) is 0 Å². The van der Waals surface area contributed by atoms with Gasteiger partial charge in [0.25, 0.3) is 0 Å². The molecule has 1 aliphatic rings. The van der Waals surface area contributed by atoms with Crippen LogP contribution in [0.25, 0.3) is 0 Å². The molecule has 132 valence electrons. The number of nitrogens with zero attached hydrogens (tertiary/aromatic N) is 1. The predicted octanol–water partition coefficient (Wildman–Crippen LogP) is 2.35. The fraction of sp³-hybridized carbons (Fsp3) is 0.533. The molecule has 0 spiro atoms. The van der Waals surface area contributed by atoms with Crippen LogP contribution >= 0.6 is 40.7 Å². The molecule has 1 fully saturated rings. The number of ether oxygens (including phenoxy) is 1. The zero-order valence-electron chi connectivity index (χ0n) is 13.0. The zero-order chi connectivity index (χ0) is 15.2. The van der Waals surface area contributed by atoms with E-state index in [4.69, 9.17) is 10.5 Å². The molecule has 2 rings (SSSR count). The van der Waals surface area contributed by atoms with E-state index in [1.54, 1.807) is 7.11 Å². The van der Waals surface area contributed by atoms with E-state index in [1.165, 1.54) is 5.69 Å². The third-order valence-electron chi connectivity index (χ3n) is 3.75. The molecule has 5 nitrogen and oxygen atoms in total. The number of benzene rings is 1. The van der Waals surface area contributed by atoms with Crippen LogP contribution in [0.3, 0.4) is 0 Å². The van der Waals surface area contributed by atoms with E-state index in [2.05, 4.69) is 38.3 Å². The molecule has 0 radical (unpaired) electrons. The standard InChI is InChI=1S/C15H22BrN3O2.2ClH/c1-21-14(9-17)8-15(20)18-12-6-7-19(10-12)13-4-2-11(16)3-5-13;;/h2-5,12,14H,6-10,17H2,1H3,(H,18,20);2*1H. The van der Waals surface area contributed by atoms with Crippen molar-refractivity contribution in [2.24, 2.45) is 5.73 Å². The van der Waals surface area contributed by atoms with Crippen molar-refractivity contribution in [2.75, 3.05) is 31.6 Å². The summed E-state index contributed by atoms with van der Waals surface area (Å²) in [5, 5.41) is 3.06. The van der Waals surface area contributed by atoms with E-state index in [1.807, 2.05) is 12.1 Å². The number of anilines is 1. The number of hydrogen-bond donors (Lipinski definition) is 2. The highest BCUT2D eigenvalue weighted by Gasteiger charge is 2.24. The molecule has 1 saturated heterocycles. The fourth-order valence-corrected chi connectivity index (χ4v) is 2.79. The fourth-order valence-electron chi connectivity index (χ4n) is 2.52.